The van der Waals surface area contributed by atoms with Gasteiger partial charge in [-0.3, -0.25) is 4.90 Å². The van der Waals surface area contributed by atoms with Crippen LogP contribution in [0.15, 0.2) is 80.3 Å². The SMILES string of the molecule is C=CC.C=CCn1cc(C)c2cc(-c3cnc4cc(C)nn4c3)cc(C)c21.CNc1nc(C(F)(F)F)ccc1/C(Cl)=C/C1CC(C)CN1C. The van der Waals surface area contributed by atoms with E-state index in [1.165, 1.54) is 40.7 Å². The van der Waals surface area contributed by atoms with E-state index in [1.807, 2.05) is 56.0 Å². The Balaban J connectivity index is 0.000000205. The van der Waals surface area contributed by atoms with Gasteiger partial charge in [-0.05, 0) is 94.1 Å². The van der Waals surface area contributed by atoms with E-state index in [-0.39, 0.29) is 11.9 Å². The molecule has 0 aliphatic carbocycles. The summed E-state index contributed by atoms with van der Waals surface area (Å²) >= 11 is 6.32. The molecule has 7 nitrogen and oxygen atoms in total. The quantitative estimate of drug-likeness (QED) is 0.180. The molecule has 0 spiro atoms. The van der Waals surface area contributed by atoms with Crippen molar-refractivity contribution in [2.24, 2.45) is 5.92 Å². The average Bonchev–Trinajstić information content (AvgIpc) is 3.69. The van der Waals surface area contributed by atoms with E-state index in [1.54, 1.807) is 6.08 Å². The first-order chi connectivity index (χ1) is 23.2. The molecule has 0 saturated carbocycles. The van der Waals surface area contributed by atoms with Crippen LogP contribution in [0.3, 0.4) is 0 Å². The summed E-state index contributed by atoms with van der Waals surface area (Å²) in [7, 11) is 3.54. The lowest BCUT2D eigenvalue weighted by molar-refractivity contribution is -0.141. The van der Waals surface area contributed by atoms with Gasteiger partial charge in [0.2, 0.25) is 0 Å². The molecule has 1 fully saturated rings. The molecule has 1 aliphatic rings. The highest BCUT2D eigenvalue weighted by atomic mass is 35.5. The van der Waals surface area contributed by atoms with Crippen molar-refractivity contribution in [1.82, 2.24) is 29.0 Å². The van der Waals surface area contributed by atoms with Gasteiger partial charge in [-0.2, -0.15) is 18.3 Å². The summed E-state index contributed by atoms with van der Waals surface area (Å²) < 4.78 is 42.2. The first-order valence-corrected chi connectivity index (χ1v) is 16.5. The van der Waals surface area contributed by atoms with Gasteiger partial charge in [0.05, 0.1) is 11.2 Å². The van der Waals surface area contributed by atoms with Gasteiger partial charge in [-0.15, -0.1) is 13.2 Å². The summed E-state index contributed by atoms with van der Waals surface area (Å²) in [6, 6.07) is 8.95. The molecule has 1 aliphatic heterocycles. The van der Waals surface area contributed by atoms with Crippen molar-refractivity contribution in [1.29, 1.82) is 0 Å². The fraction of sp³-hybridized carbons (Fsp3) is 0.342. The number of likely N-dealkylation sites (N-methyl/N-ethyl adjacent to an activating group) is 1. The van der Waals surface area contributed by atoms with Gasteiger partial charge in [0.1, 0.15) is 11.5 Å². The predicted octanol–water partition coefficient (Wildman–Crippen LogP) is 9.72. The van der Waals surface area contributed by atoms with Gasteiger partial charge >= 0.3 is 6.18 Å². The summed E-state index contributed by atoms with van der Waals surface area (Å²) in [5, 5.41) is 8.85. The average molecular weight is 692 g/mol. The molecule has 49 heavy (non-hydrogen) atoms. The van der Waals surface area contributed by atoms with Gasteiger partial charge in [0.25, 0.3) is 0 Å². The summed E-state index contributed by atoms with van der Waals surface area (Å²) in [5.41, 5.74) is 7.45. The van der Waals surface area contributed by atoms with Gasteiger partial charge in [0, 0.05) is 72.4 Å². The van der Waals surface area contributed by atoms with Crippen LogP contribution in [0, 0.1) is 26.7 Å². The van der Waals surface area contributed by atoms with E-state index in [2.05, 4.69) is 82.1 Å². The third-order valence-corrected chi connectivity index (χ3v) is 8.61. The standard InChI is InChI=1S/C20H20N4.C15H19ClF3N3.C3H6/c1-5-6-23-11-14(3)18-9-16(7-13(2)20(18)23)17-10-21-19-8-15(4)22-24(19)12-17;1-9-6-10(22(3)8-9)7-12(16)11-4-5-13(15(17,18)19)21-14(11)20-2;1-3-2/h5,7-12H,1,6H2,2-4H3;4-5,7,9-10H,6,8H2,1-3H3,(H,20,21);3H,1H2,2H3/b;12-7-;. The van der Waals surface area contributed by atoms with Gasteiger partial charge in [0.15, 0.2) is 5.65 Å². The molecular formula is C38H45ClF3N7. The van der Waals surface area contributed by atoms with Gasteiger partial charge in [-0.25, -0.2) is 14.5 Å². The van der Waals surface area contributed by atoms with E-state index in [0.29, 0.717) is 16.5 Å². The largest absolute Gasteiger partial charge is 0.433 e. The number of fused-ring (bicyclic) bond motifs is 2. The van der Waals surface area contributed by atoms with E-state index in [4.69, 9.17) is 11.6 Å². The van der Waals surface area contributed by atoms with Crippen molar-refractivity contribution in [3.05, 3.63) is 108 Å². The van der Waals surface area contributed by atoms with Crippen molar-refractivity contribution in [2.45, 2.75) is 59.8 Å². The Labute approximate surface area is 291 Å². The number of hydrogen-bond acceptors (Lipinski definition) is 5. The minimum Gasteiger partial charge on any atom is -0.373 e. The van der Waals surface area contributed by atoms with Crippen LogP contribution in [-0.2, 0) is 12.7 Å². The molecule has 0 amide bonds. The number of nitrogens with zero attached hydrogens (tertiary/aromatic N) is 6. The fourth-order valence-corrected chi connectivity index (χ4v) is 6.47. The van der Waals surface area contributed by atoms with E-state index >= 15 is 0 Å². The molecule has 6 rings (SSSR count). The number of anilines is 1. The lowest BCUT2D eigenvalue weighted by Gasteiger charge is -2.17. The maximum absolute atomic E-state index is 12.7. The first kappa shape index (κ1) is 37.4. The van der Waals surface area contributed by atoms with Crippen LogP contribution in [0.5, 0.6) is 0 Å². The summed E-state index contributed by atoms with van der Waals surface area (Å²) in [5.74, 6) is 0.704. The third-order valence-electron chi connectivity index (χ3n) is 8.28. The number of nitrogens with one attached hydrogen (secondary N) is 1. The second-order valence-electron chi connectivity index (χ2n) is 12.5. The second kappa shape index (κ2) is 15.9. The van der Waals surface area contributed by atoms with Crippen LogP contribution < -0.4 is 5.32 Å². The van der Waals surface area contributed by atoms with Crippen LogP contribution in [0.4, 0.5) is 19.0 Å². The molecule has 4 aromatic heterocycles. The summed E-state index contributed by atoms with van der Waals surface area (Å²) in [6.45, 7) is 19.4. The molecule has 2 atom stereocenters. The van der Waals surface area contributed by atoms with Crippen LogP contribution >= 0.6 is 11.6 Å². The molecule has 11 heteroatoms. The van der Waals surface area contributed by atoms with Crippen molar-refractivity contribution in [2.75, 3.05) is 26.0 Å². The predicted molar refractivity (Wildman–Crippen MR) is 197 cm³/mol. The summed E-state index contributed by atoms with van der Waals surface area (Å²) in [6.07, 6.45) is 8.25. The lowest BCUT2D eigenvalue weighted by atomic mass is 10.0. The molecule has 0 bridgehead atoms. The zero-order chi connectivity index (χ0) is 36.0. The van der Waals surface area contributed by atoms with Crippen LogP contribution in [-0.4, -0.2) is 55.7 Å². The Hall–Kier alpha value is -4.41. The lowest BCUT2D eigenvalue weighted by Crippen LogP contribution is -2.23. The third kappa shape index (κ3) is 8.80. The molecule has 1 N–H and O–H groups in total. The highest BCUT2D eigenvalue weighted by Crippen LogP contribution is 2.34. The zero-order valence-corrected chi connectivity index (χ0v) is 30.0. The monoisotopic (exact) mass is 691 g/mol. The van der Waals surface area contributed by atoms with Crippen molar-refractivity contribution < 1.29 is 13.2 Å². The maximum atomic E-state index is 12.7. The Morgan fingerprint density at radius 3 is 2.41 bits per heavy atom. The number of aromatic nitrogens is 5. The number of pyridine rings is 1. The minimum absolute atomic E-state index is 0.129. The maximum Gasteiger partial charge on any atom is 0.433 e. The van der Waals surface area contributed by atoms with Crippen LogP contribution in [0.1, 0.15) is 48.3 Å². The fourth-order valence-electron chi connectivity index (χ4n) is 6.17. The number of alkyl halides is 3. The topological polar surface area (TPSA) is 63.3 Å². The molecule has 5 heterocycles. The second-order valence-corrected chi connectivity index (χ2v) is 12.9. The number of halogens is 4. The first-order valence-electron chi connectivity index (χ1n) is 16.1. The number of rotatable bonds is 6. The van der Waals surface area contributed by atoms with E-state index in [9.17, 15) is 13.2 Å². The van der Waals surface area contributed by atoms with Crippen LogP contribution in [0.2, 0.25) is 0 Å². The van der Waals surface area contributed by atoms with Crippen molar-refractivity contribution in [3.63, 3.8) is 0 Å². The normalized spacial score (nSPS) is 16.6. The smallest absolute Gasteiger partial charge is 0.373 e. The van der Waals surface area contributed by atoms with E-state index < -0.39 is 11.9 Å². The van der Waals surface area contributed by atoms with Gasteiger partial charge < -0.3 is 9.88 Å². The Bertz CT molecular complexity index is 1970. The molecular weight excluding hydrogens is 647 g/mol. The Morgan fingerprint density at radius 2 is 1.80 bits per heavy atom. The van der Waals surface area contributed by atoms with E-state index in [0.717, 1.165) is 42.5 Å². The number of hydrogen-bond donors (Lipinski definition) is 1. The molecule has 0 radical (unpaired) electrons. The molecule has 2 unspecified atom stereocenters. The number of allylic oxidation sites excluding steroid dienone is 2. The highest BCUT2D eigenvalue weighted by molar-refractivity contribution is 6.49. The van der Waals surface area contributed by atoms with Crippen molar-refractivity contribution in [3.8, 4) is 11.1 Å². The molecule has 5 aromatic rings. The van der Waals surface area contributed by atoms with Gasteiger partial charge in [-0.1, -0.05) is 30.7 Å². The van der Waals surface area contributed by atoms with Crippen molar-refractivity contribution >= 4 is 39.0 Å². The highest BCUT2D eigenvalue weighted by Gasteiger charge is 2.33. The Kier molecular flexibility index (Phi) is 12.1. The summed E-state index contributed by atoms with van der Waals surface area (Å²) in [4.78, 5) is 10.3. The number of likely N-dealkylation sites (tertiary alicyclic amines) is 1. The Morgan fingerprint density at radius 1 is 1.08 bits per heavy atom. The molecule has 1 saturated heterocycles. The molecule has 260 valence electrons. The molecule has 1 aromatic carbocycles. The minimum atomic E-state index is -4.47. The number of benzene rings is 1. The number of aryl methyl sites for hydroxylation is 3. The van der Waals surface area contributed by atoms with Crippen LogP contribution in [0.25, 0.3) is 32.7 Å². The zero-order valence-electron chi connectivity index (χ0n) is 29.2.